The van der Waals surface area contributed by atoms with Crippen LogP contribution in [0.25, 0.3) is 0 Å². The van der Waals surface area contributed by atoms with Crippen LogP contribution in [0.2, 0.25) is 0 Å². The quantitative estimate of drug-likeness (QED) is 0.714. The Morgan fingerprint density at radius 1 is 1.37 bits per heavy atom. The number of sulfone groups is 1. The summed E-state index contributed by atoms with van der Waals surface area (Å²) in [5, 5.41) is 0. The molecule has 1 heterocycles. The second-order valence-electron chi connectivity index (χ2n) is 4.27. The minimum Gasteiger partial charge on any atom is -0.325 e. The number of nitrogens with two attached hydrogens (primary N) is 1. The van der Waals surface area contributed by atoms with E-state index in [1.54, 1.807) is 0 Å². The highest BCUT2D eigenvalue weighted by Gasteiger charge is 2.22. The lowest BCUT2D eigenvalue weighted by Crippen LogP contribution is -2.37. The van der Waals surface area contributed by atoms with E-state index >= 15 is 0 Å². The second kappa shape index (κ2) is 5.95. The van der Waals surface area contributed by atoms with Gasteiger partial charge in [0.05, 0.1) is 11.4 Å². The number of pyridine rings is 1. The molecule has 0 aliphatic rings. The molecule has 7 nitrogen and oxygen atoms in total. The van der Waals surface area contributed by atoms with Crippen LogP contribution in [-0.4, -0.2) is 39.9 Å². The largest absolute Gasteiger partial charge is 0.325 e. The normalized spacial score (nSPS) is 14.3. The zero-order valence-corrected chi connectivity index (χ0v) is 12.3. The molecule has 0 aromatic carbocycles. The van der Waals surface area contributed by atoms with Crippen LogP contribution in [0.15, 0.2) is 23.2 Å². The standard InChI is InChI=1S/C10H17N3O4S2/c1-8(7-18(2,14)15)13-19(16,17)10-4-3-5-12-9(10)6-11/h3-5,8,13H,6-7,11H2,1-2H3. The first kappa shape index (κ1) is 16.0. The van der Waals surface area contributed by atoms with Gasteiger partial charge in [-0.05, 0) is 19.1 Å². The highest BCUT2D eigenvalue weighted by atomic mass is 32.2. The third-order valence-corrected chi connectivity index (χ3v) is 5.01. The molecule has 0 aliphatic carbocycles. The van der Waals surface area contributed by atoms with Crippen molar-refractivity contribution in [3.8, 4) is 0 Å². The first-order valence-corrected chi connectivity index (χ1v) is 9.04. The van der Waals surface area contributed by atoms with Gasteiger partial charge in [-0.2, -0.15) is 0 Å². The Bertz CT molecular complexity index is 640. The molecule has 0 aliphatic heterocycles. The van der Waals surface area contributed by atoms with Crippen LogP contribution in [-0.2, 0) is 26.4 Å². The molecular weight excluding hydrogens is 290 g/mol. The van der Waals surface area contributed by atoms with E-state index in [4.69, 9.17) is 5.73 Å². The molecule has 0 amide bonds. The lowest BCUT2D eigenvalue weighted by molar-refractivity contribution is 0.563. The van der Waals surface area contributed by atoms with Gasteiger partial charge in [0, 0.05) is 25.0 Å². The van der Waals surface area contributed by atoms with Crippen molar-refractivity contribution in [2.75, 3.05) is 12.0 Å². The van der Waals surface area contributed by atoms with Crippen molar-refractivity contribution >= 4 is 19.9 Å². The fourth-order valence-corrected chi connectivity index (χ4v) is 4.18. The van der Waals surface area contributed by atoms with Crippen LogP contribution in [0.1, 0.15) is 12.6 Å². The zero-order chi connectivity index (χ0) is 14.7. The molecule has 108 valence electrons. The predicted molar refractivity (Wildman–Crippen MR) is 71.6 cm³/mol. The minimum absolute atomic E-state index is 0.0163. The summed E-state index contributed by atoms with van der Waals surface area (Å²) in [6.45, 7) is 1.47. The van der Waals surface area contributed by atoms with Gasteiger partial charge in [-0.3, -0.25) is 4.98 Å². The molecular formula is C10H17N3O4S2. The lowest BCUT2D eigenvalue weighted by atomic mass is 10.3. The molecule has 0 saturated heterocycles. The molecule has 0 fully saturated rings. The smallest absolute Gasteiger partial charge is 0.242 e. The monoisotopic (exact) mass is 307 g/mol. The van der Waals surface area contributed by atoms with E-state index in [1.165, 1.54) is 25.3 Å². The van der Waals surface area contributed by atoms with Crippen LogP contribution in [0, 0.1) is 0 Å². The number of hydrogen-bond donors (Lipinski definition) is 2. The first-order valence-electron chi connectivity index (χ1n) is 5.50. The van der Waals surface area contributed by atoms with E-state index in [0.29, 0.717) is 0 Å². The number of sulfonamides is 1. The minimum atomic E-state index is -3.83. The van der Waals surface area contributed by atoms with Crippen molar-refractivity contribution in [3.05, 3.63) is 24.0 Å². The molecule has 1 aromatic heterocycles. The van der Waals surface area contributed by atoms with E-state index in [-0.39, 0.29) is 22.9 Å². The van der Waals surface area contributed by atoms with Crippen LogP contribution < -0.4 is 10.5 Å². The van der Waals surface area contributed by atoms with E-state index in [9.17, 15) is 16.8 Å². The topological polar surface area (TPSA) is 119 Å². The molecule has 1 rings (SSSR count). The summed E-state index contributed by atoms with van der Waals surface area (Å²) in [6, 6.07) is 2.13. The van der Waals surface area contributed by atoms with Crippen molar-refractivity contribution < 1.29 is 16.8 Å². The number of nitrogens with one attached hydrogen (secondary N) is 1. The fraction of sp³-hybridized carbons (Fsp3) is 0.500. The Morgan fingerprint density at radius 3 is 2.53 bits per heavy atom. The molecule has 1 unspecified atom stereocenters. The van der Waals surface area contributed by atoms with Gasteiger partial charge in [0.25, 0.3) is 0 Å². The van der Waals surface area contributed by atoms with Gasteiger partial charge < -0.3 is 5.73 Å². The van der Waals surface area contributed by atoms with Crippen molar-refractivity contribution in [2.24, 2.45) is 5.73 Å². The molecule has 9 heteroatoms. The molecule has 1 aromatic rings. The van der Waals surface area contributed by atoms with Gasteiger partial charge >= 0.3 is 0 Å². The Morgan fingerprint density at radius 2 is 2.00 bits per heavy atom. The van der Waals surface area contributed by atoms with E-state index in [0.717, 1.165) is 6.26 Å². The Kier molecular flexibility index (Phi) is 5.02. The molecule has 0 bridgehead atoms. The summed E-state index contributed by atoms with van der Waals surface area (Å²) < 4.78 is 48.8. The summed E-state index contributed by atoms with van der Waals surface area (Å²) in [6.07, 6.45) is 2.49. The summed E-state index contributed by atoms with van der Waals surface area (Å²) in [7, 11) is -7.09. The van der Waals surface area contributed by atoms with Gasteiger partial charge in [0.15, 0.2) is 0 Å². The summed E-state index contributed by atoms with van der Waals surface area (Å²) >= 11 is 0. The highest BCUT2D eigenvalue weighted by molar-refractivity contribution is 7.91. The average molecular weight is 307 g/mol. The SMILES string of the molecule is CC(CS(C)(=O)=O)NS(=O)(=O)c1cccnc1CN. The van der Waals surface area contributed by atoms with Crippen molar-refractivity contribution in [3.63, 3.8) is 0 Å². The molecule has 3 N–H and O–H groups in total. The van der Waals surface area contributed by atoms with Gasteiger partial charge in [-0.15, -0.1) is 0 Å². The molecule has 0 saturated carbocycles. The van der Waals surface area contributed by atoms with Crippen LogP contribution in [0.4, 0.5) is 0 Å². The second-order valence-corrected chi connectivity index (χ2v) is 8.13. The van der Waals surface area contributed by atoms with Crippen LogP contribution in [0.3, 0.4) is 0 Å². The van der Waals surface area contributed by atoms with Crippen molar-refractivity contribution in [1.29, 1.82) is 0 Å². The van der Waals surface area contributed by atoms with Crippen molar-refractivity contribution in [1.82, 2.24) is 9.71 Å². The molecule has 0 spiro atoms. The Balaban J connectivity index is 2.99. The van der Waals surface area contributed by atoms with E-state index < -0.39 is 25.9 Å². The van der Waals surface area contributed by atoms with Crippen molar-refractivity contribution in [2.45, 2.75) is 24.4 Å². The maximum Gasteiger partial charge on any atom is 0.242 e. The van der Waals surface area contributed by atoms with E-state index in [2.05, 4.69) is 9.71 Å². The van der Waals surface area contributed by atoms with Crippen LogP contribution in [0.5, 0.6) is 0 Å². The first-order chi connectivity index (χ1) is 8.65. The maximum absolute atomic E-state index is 12.1. The third-order valence-electron chi connectivity index (χ3n) is 2.24. The predicted octanol–water partition coefficient (Wildman–Crippen LogP) is -0.748. The van der Waals surface area contributed by atoms with E-state index in [1.807, 2.05) is 0 Å². The number of rotatable bonds is 6. The van der Waals surface area contributed by atoms with Gasteiger partial charge in [0.2, 0.25) is 10.0 Å². The van der Waals surface area contributed by atoms with Crippen LogP contribution >= 0.6 is 0 Å². The number of aromatic nitrogens is 1. The number of hydrogen-bond acceptors (Lipinski definition) is 6. The molecule has 19 heavy (non-hydrogen) atoms. The third kappa shape index (κ3) is 4.86. The highest BCUT2D eigenvalue weighted by Crippen LogP contribution is 2.12. The number of nitrogens with zero attached hydrogens (tertiary/aromatic N) is 1. The fourth-order valence-electron chi connectivity index (χ4n) is 1.64. The van der Waals surface area contributed by atoms with Gasteiger partial charge in [-0.1, -0.05) is 0 Å². The average Bonchev–Trinajstić information content (AvgIpc) is 2.25. The molecule has 1 atom stereocenters. The Hall–Kier alpha value is -1.03. The summed E-state index contributed by atoms with van der Waals surface area (Å²) in [5.41, 5.74) is 5.67. The molecule has 0 radical (unpaired) electrons. The maximum atomic E-state index is 12.1. The van der Waals surface area contributed by atoms with Gasteiger partial charge in [0.1, 0.15) is 14.7 Å². The lowest BCUT2D eigenvalue weighted by Gasteiger charge is -2.14. The Labute approximate surface area is 113 Å². The summed E-state index contributed by atoms with van der Waals surface area (Å²) in [5.74, 6) is -0.273. The van der Waals surface area contributed by atoms with Gasteiger partial charge in [-0.25, -0.2) is 21.6 Å². The summed E-state index contributed by atoms with van der Waals surface area (Å²) in [4.78, 5) is 3.85. The zero-order valence-electron chi connectivity index (χ0n) is 10.7.